The van der Waals surface area contributed by atoms with Crippen LogP contribution in [0.4, 0.5) is 5.69 Å². The molecule has 0 radical (unpaired) electrons. The van der Waals surface area contributed by atoms with Crippen LogP contribution in [-0.2, 0) is 4.79 Å². The van der Waals surface area contributed by atoms with Crippen molar-refractivity contribution in [3.8, 4) is 11.5 Å². The minimum atomic E-state index is -0.610. The lowest BCUT2D eigenvalue weighted by molar-refractivity contribution is -0.385. The van der Waals surface area contributed by atoms with Crippen molar-refractivity contribution >= 4 is 35.0 Å². The van der Waals surface area contributed by atoms with Gasteiger partial charge in [0.2, 0.25) is 0 Å². The van der Waals surface area contributed by atoms with Gasteiger partial charge in [0.05, 0.1) is 18.1 Å². The van der Waals surface area contributed by atoms with E-state index in [9.17, 15) is 20.0 Å². The third kappa shape index (κ3) is 2.46. The van der Waals surface area contributed by atoms with Crippen LogP contribution < -0.4 is 4.74 Å². The van der Waals surface area contributed by atoms with Gasteiger partial charge in [-0.3, -0.25) is 19.8 Å². The number of nitro groups is 1. The van der Waals surface area contributed by atoms with Gasteiger partial charge in [-0.25, -0.2) is 0 Å². The van der Waals surface area contributed by atoms with Crippen molar-refractivity contribution in [1.29, 1.82) is 0 Å². The highest BCUT2D eigenvalue weighted by atomic mass is 32.1. The number of benzene rings is 1. The van der Waals surface area contributed by atoms with Crippen LogP contribution in [0.15, 0.2) is 17.8 Å². The number of rotatable bonds is 3. The van der Waals surface area contributed by atoms with Crippen molar-refractivity contribution in [2.24, 2.45) is 0 Å². The van der Waals surface area contributed by atoms with E-state index in [-0.39, 0.29) is 34.4 Å². The zero-order valence-corrected chi connectivity index (χ0v) is 12.9. The number of phenolic OH excluding ortho intramolecular Hbond substituents is 1. The molecule has 0 saturated carbocycles. The topological polar surface area (TPSA) is 96.1 Å². The highest BCUT2D eigenvalue weighted by Gasteiger charge is 2.33. The zero-order chi connectivity index (χ0) is 16.6. The molecular weight excluding hydrogens is 310 g/mol. The Kier molecular flexibility index (Phi) is 4.00. The monoisotopic (exact) mass is 323 g/mol. The summed E-state index contributed by atoms with van der Waals surface area (Å²) >= 11 is 5.08. The maximum absolute atomic E-state index is 12.1. The van der Waals surface area contributed by atoms with Crippen molar-refractivity contribution in [2.75, 3.05) is 21.2 Å². The molecule has 116 valence electrons. The Hall–Kier alpha value is -2.68. The number of thiocarbonyl (C=S) groups is 1. The number of likely N-dealkylation sites (N-methyl/N-ethyl adjacent to an activating group) is 2. The largest absolute Gasteiger partial charge is 0.504 e. The molecule has 1 aromatic carbocycles. The highest BCUT2D eigenvalue weighted by Crippen LogP contribution is 2.36. The smallest absolute Gasteiger partial charge is 0.276 e. The molecule has 0 aromatic heterocycles. The number of non-ortho nitro benzene ring substituents is 1. The molecular formula is C13H13N3O5S. The Bertz CT molecular complexity index is 716. The van der Waals surface area contributed by atoms with E-state index < -0.39 is 4.92 Å². The molecule has 1 N–H and O–H groups in total. The first-order valence-electron chi connectivity index (χ1n) is 6.10. The third-order valence-electron chi connectivity index (χ3n) is 3.27. The van der Waals surface area contributed by atoms with Gasteiger partial charge >= 0.3 is 0 Å². The molecule has 1 fully saturated rings. The molecule has 1 aliphatic rings. The first-order valence-corrected chi connectivity index (χ1v) is 6.51. The summed E-state index contributed by atoms with van der Waals surface area (Å²) in [6.45, 7) is 0. The lowest BCUT2D eigenvalue weighted by Crippen LogP contribution is -2.26. The molecule has 2 rings (SSSR count). The maximum atomic E-state index is 12.1. The average Bonchev–Trinajstić information content (AvgIpc) is 2.66. The quantitative estimate of drug-likeness (QED) is 0.388. The zero-order valence-electron chi connectivity index (χ0n) is 12.1. The number of methoxy groups -OCH3 is 1. The number of hydrogen-bond acceptors (Lipinski definition) is 6. The predicted molar refractivity (Wildman–Crippen MR) is 82.4 cm³/mol. The average molecular weight is 323 g/mol. The first kappa shape index (κ1) is 15.7. The fourth-order valence-corrected chi connectivity index (χ4v) is 2.20. The minimum Gasteiger partial charge on any atom is -0.504 e. The number of ether oxygens (including phenoxy) is 1. The van der Waals surface area contributed by atoms with E-state index in [0.717, 1.165) is 12.1 Å². The molecule has 1 heterocycles. The van der Waals surface area contributed by atoms with Crippen LogP contribution in [0.3, 0.4) is 0 Å². The summed E-state index contributed by atoms with van der Waals surface area (Å²) in [6.07, 6.45) is 1.34. The standard InChI is InChI=1S/C13H13N3O5S/c1-14-9(12(18)15(2)13(14)22)5-7-4-8(16(19)20)6-10(21-3)11(7)17/h4-6,17H,1-3H3/b9-5+. The summed E-state index contributed by atoms with van der Waals surface area (Å²) in [5.41, 5.74) is 0.0373. The van der Waals surface area contributed by atoms with Gasteiger partial charge in [0.1, 0.15) is 5.70 Å². The van der Waals surface area contributed by atoms with Crippen molar-refractivity contribution in [3.63, 3.8) is 0 Å². The highest BCUT2D eigenvalue weighted by molar-refractivity contribution is 7.80. The molecule has 1 saturated heterocycles. The third-order valence-corrected chi connectivity index (χ3v) is 3.82. The van der Waals surface area contributed by atoms with Crippen molar-refractivity contribution < 1.29 is 19.6 Å². The van der Waals surface area contributed by atoms with Crippen molar-refractivity contribution in [3.05, 3.63) is 33.5 Å². The van der Waals surface area contributed by atoms with E-state index in [1.54, 1.807) is 7.05 Å². The normalized spacial score (nSPS) is 16.6. The molecule has 0 atom stereocenters. The fraction of sp³-hybridized carbons (Fsp3) is 0.231. The molecule has 0 aliphatic carbocycles. The lowest BCUT2D eigenvalue weighted by Gasteiger charge is -2.11. The van der Waals surface area contributed by atoms with Crippen LogP contribution in [0.25, 0.3) is 6.08 Å². The molecule has 9 heteroatoms. The van der Waals surface area contributed by atoms with E-state index in [0.29, 0.717) is 5.11 Å². The van der Waals surface area contributed by atoms with Crippen molar-refractivity contribution in [1.82, 2.24) is 9.80 Å². The summed E-state index contributed by atoms with van der Waals surface area (Å²) in [5.74, 6) is -0.704. The van der Waals surface area contributed by atoms with Crippen LogP contribution >= 0.6 is 12.2 Å². The molecule has 1 aromatic rings. The van der Waals surface area contributed by atoms with Gasteiger partial charge in [-0.05, 0) is 18.3 Å². The molecule has 22 heavy (non-hydrogen) atoms. The van der Waals surface area contributed by atoms with Gasteiger partial charge in [-0.15, -0.1) is 0 Å². The van der Waals surface area contributed by atoms with Crippen LogP contribution in [0.5, 0.6) is 11.5 Å². The summed E-state index contributed by atoms with van der Waals surface area (Å²) in [5, 5.41) is 21.3. The summed E-state index contributed by atoms with van der Waals surface area (Å²) < 4.78 is 4.92. The second-order valence-electron chi connectivity index (χ2n) is 4.58. The van der Waals surface area contributed by atoms with Gasteiger partial charge in [0, 0.05) is 25.7 Å². The number of nitro benzene ring substituents is 1. The number of carbonyl (C=O) groups is 1. The van der Waals surface area contributed by atoms with Gasteiger partial charge in [0.15, 0.2) is 16.6 Å². The number of aromatic hydroxyl groups is 1. The number of amides is 1. The van der Waals surface area contributed by atoms with Gasteiger partial charge in [-0.1, -0.05) is 0 Å². The number of hydrogen-bond donors (Lipinski definition) is 1. The summed E-state index contributed by atoms with van der Waals surface area (Å²) in [4.78, 5) is 25.2. The fourth-order valence-electron chi connectivity index (χ4n) is 2.02. The molecule has 0 unspecified atom stereocenters. The maximum Gasteiger partial charge on any atom is 0.276 e. The van der Waals surface area contributed by atoms with E-state index >= 15 is 0 Å². The van der Waals surface area contributed by atoms with E-state index in [2.05, 4.69) is 0 Å². The van der Waals surface area contributed by atoms with E-state index in [4.69, 9.17) is 17.0 Å². The summed E-state index contributed by atoms with van der Waals surface area (Å²) in [7, 11) is 4.41. The number of carbonyl (C=O) groups excluding carboxylic acids is 1. The van der Waals surface area contributed by atoms with Gasteiger partial charge in [-0.2, -0.15) is 0 Å². The Morgan fingerprint density at radius 3 is 2.45 bits per heavy atom. The summed E-state index contributed by atoms with van der Waals surface area (Å²) in [6, 6.07) is 2.27. The molecule has 1 aliphatic heterocycles. The van der Waals surface area contributed by atoms with Crippen LogP contribution in [-0.4, -0.2) is 52.1 Å². The van der Waals surface area contributed by atoms with Crippen molar-refractivity contribution in [2.45, 2.75) is 0 Å². The van der Waals surface area contributed by atoms with Crippen LogP contribution in [0.1, 0.15) is 5.56 Å². The van der Waals surface area contributed by atoms with Crippen LogP contribution in [0, 0.1) is 10.1 Å². The SMILES string of the molecule is COc1cc([N+](=O)[O-])cc(/C=C2\C(=O)N(C)C(=S)N2C)c1O. The minimum absolute atomic E-state index is 0.0509. The number of phenols is 1. The van der Waals surface area contributed by atoms with Gasteiger partial charge in [0.25, 0.3) is 11.6 Å². The Morgan fingerprint density at radius 2 is 2.00 bits per heavy atom. The molecule has 0 bridgehead atoms. The second kappa shape index (κ2) is 5.60. The van der Waals surface area contributed by atoms with Gasteiger partial charge < -0.3 is 14.7 Å². The second-order valence-corrected chi connectivity index (χ2v) is 4.94. The Balaban J connectivity index is 2.60. The Morgan fingerprint density at radius 1 is 1.36 bits per heavy atom. The van der Waals surface area contributed by atoms with E-state index in [1.807, 2.05) is 0 Å². The number of nitrogens with zero attached hydrogens (tertiary/aromatic N) is 3. The van der Waals surface area contributed by atoms with E-state index in [1.165, 1.54) is 30.0 Å². The first-order chi connectivity index (χ1) is 10.3. The van der Waals surface area contributed by atoms with Crippen LogP contribution in [0.2, 0.25) is 0 Å². The Labute approximate surface area is 131 Å². The lowest BCUT2D eigenvalue weighted by atomic mass is 10.1. The predicted octanol–water partition coefficient (Wildman–Crippen LogP) is 1.34. The molecule has 1 amide bonds. The molecule has 0 spiro atoms. The molecule has 8 nitrogen and oxygen atoms in total.